The Morgan fingerprint density at radius 1 is 1.09 bits per heavy atom. The third-order valence-electron chi connectivity index (χ3n) is 6.22. The summed E-state index contributed by atoms with van der Waals surface area (Å²) in [5.41, 5.74) is 4.12. The predicted octanol–water partition coefficient (Wildman–Crippen LogP) is 5.04. The van der Waals surface area contributed by atoms with Crippen molar-refractivity contribution in [3.05, 3.63) is 58.1 Å². The van der Waals surface area contributed by atoms with Gasteiger partial charge < -0.3 is 10.1 Å². The van der Waals surface area contributed by atoms with Gasteiger partial charge in [0, 0.05) is 0 Å². The van der Waals surface area contributed by atoms with Crippen molar-refractivity contribution in [3.8, 4) is 5.75 Å². The van der Waals surface area contributed by atoms with Gasteiger partial charge in [0.1, 0.15) is 11.8 Å². The van der Waals surface area contributed by atoms with Crippen molar-refractivity contribution >= 4 is 33.2 Å². The van der Waals surface area contributed by atoms with Gasteiger partial charge in [0.25, 0.3) is 0 Å². The molecule has 2 aromatic carbocycles. The molecule has 0 radical (unpaired) electrons. The van der Waals surface area contributed by atoms with Crippen LogP contribution in [-0.2, 0) is 27.7 Å². The lowest BCUT2D eigenvalue weighted by Crippen LogP contribution is -2.50. The normalized spacial score (nSPS) is 15.3. The summed E-state index contributed by atoms with van der Waals surface area (Å²) in [6.45, 7) is 3.82. The van der Waals surface area contributed by atoms with E-state index in [1.165, 1.54) is 37.1 Å². The minimum atomic E-state index is -3.76. The van der Waals surface area contributed by atoms with Crippen LogP contribution in [0.1, 0.15) is 62.3 Å². The molecule has 8 heteroatoms. The monoisotopic (exact) mass is 492 g/mol. The molecule has 180 valence electrons. The van der Waals surface area contributed by atoms with E-state index in [0.717, 1.165) is 29.0 Å². The van der Waals surface area contributed by atoms with Crippen molar-refractivity contribution in [2.45, 2.75) is 64.5 Å². The van der Waals surface area contributed by atoms with Crippen LogP contribution < -0.4 is 14.4 Å². The fraction of sp³-hybridized carbons (Fsp3) is 0.480. The molecule has 0 fully saturated rings. The van der Waals surface area contributed by atoms with Gasteiger partial charge in [-0.3, -0.25) is 9.10 Å². The number of hydrogen-bond acceptors (Lipinski definition) is 4. The van der Waals surface area contributed by atoms with Gasteiger partial charge in [-0.05, 0) is 73.4 Å². The van der Waals surface area contributed by atoms with Crippen molar-refractivity contribution in [1.29, 1.82) is 0 Å². The van der Waals surface area contributed by atoms with Crippen LogP contribution >= 0.6 is 11.6 Å². The molecular formula is C25H33ClN2O4S. The first-order chi connectivity index (χ1) is 15.7. The van der Waals surface area contributed by atoms with Gasteiger partial charge in [-0.15, -0.1) is 0 Å². The minimum Gasteiger partial charge on any atom is -0.495 e. The van der Waals surface area contributed by atoms with Crippen LogP contribution in [0.25, 0.3) is 0 Å². The highest BCUT2D eigenvalue weighted by atomic mass is 35.5. The van der Waals surface area contributed by atoms with E-state index in [-0.39, 0.29) is 17.0 Å². The van der Waals surface area contributed by atoms with E-state index in [2.05, 4.69) is 23.5 Å². The number of amides is 1. The number of hydrogen-bond donors (Lipinski definition) is 1. The molecule has 0 aromatic heterocycles. The highest BCUT2D eigenvalue weighted by Crippen LogP contribution is 2.32. The maximum Gasteiger partial charge on any atom is 0.244 e. The summed E-state index contributed by atoms with van der Waals surface area (Å²) < 4.78 is 31.8. The van der Waals surface area contributed by atoms with E-state index in [9.17, 15) is 13.2 Å². The Hall–Kier alpha value is -2.25. The number of fused-ring (bicyclic) bond motifs is 1. The second-order valence-corrected chi connectivity index (χ2v) is 10.8. The first-order valence-electron chi connectivity index (χ1n) is 11.4. The summed E-state index contributed by atoms with van der Waals surface area (Å²) in [6, 6.07) is 10.1. The van der Waals surface area contributed by atoms with E-state index in [0.29, 0.717) is 24.3 Å². The molecule has 0 aliphatic heterocycles. The number of halogens is 1. The zero-order valence-electron chi connectivity index (χ0n) is 19.7. The molecule has 1 aliphatic rings. The zero-order valence-corrected chi connectivity index (χ0v) is 21.3. The van der Waals surface area contributed by atoms with Gasteiger partial charge in [0.15, 0.2) is 0 Å². The van der Waals surface area contributed by atoms with Crippen LogP contribution in [0, 0.1) is 0 Å². The number of carbonyl (C=O) groups is 1. The second kappa shape index (κ2) is 10.8. The van der Waals surface area contributed by atoms with Crippen LogP contribution in [-0.4, -0.2) is 33.7 Å². The highest BCUT2D eigenvalue weighted by Gasteiger charge is 2.33. The SMILES string of the molecule is CCC(NC(=O)C(CC)N(c1ccc(OC)c(Cl)c1)S(C)(=O)=O)c1ccc2c(c1)CCCC2. The lowest BCUT2D eigenvalue weighted by Gasteiger charge is -2.32. The third-order valence-corrected chi connectivity index (χ3v) is 7.69. The van der Waals surface area contributed by atoms with Crippen molar-refractivity contribution in [1.82, 2.24) is 5.32 Å². The molecule has 33 heavy (non-hydrogen) atoms. The number of sulfonamides is 1. The number of anilines is 1. The number of nitrogens with one attached hydrogen (secondary N) is 1. The lowest BCUT2D eigenvalue weighted by atomic mass is 9.88. The summed E-state index contributed by atoms with van der Waals surface area (Å²) >= 11 is 6.25. The van der Waals surface area contributed by atoms with E-state index in [1.807, 2.05) is 6.92 Å². The Kier molecular flexibility index (Phi) is 8.29. The smallest absolute Gasteiger partial charge is 0.244 e. The molecule has 3 rings (SSSR count). The van der Waals surface area contributed by atoms with Gasteiger partial charge in [-0.1, -0.05) is 43.6 Å². The Balaban J connectivity index is 1.89. The number of carbonyl (C=O) groups excluding carboxylic acids is 1. The van der Waals surface area contributed by atoms with E-state index in [4.69, 9.17) is 16.3 Å². The Bertz CT molecular complexity index is 1100. The summed E-state index contributed by atoms with van der Waals surface area (Å²) in [5.74, 6) is 0.101. The summed E-state index contributed by atoms with van der Waals surface area (Å²) in [4.78, 5) is 13.4. The number of aryl methyl sites for hydroxylation is 2. The fourth-order valence-corrected chi connectivity index (χ4v) is 5.97. The van der Waals surface area contributed by atoms with Crippen LogP contribution in [0.5, 0.6) is 5.75 Å². The average molecular weight is 493 g/mol. The van der Waals surface area contributed by atoms with Gasteiger partial charge in [-0.25, -0.2) is 8.42 Å². The molecule has 1 N–H and O–H groups in total. The van der Waals surface area contributed by atoms with E-state index >= 15 is 0 Å². The quantitative estimate of drug-likeness (QED) is 0.532. The molecule has 0 bridgehead atoms. The number of methoxy groups -OCH3 is 1. The molecule has 1 amide bonds. The molecule has 2 aromatic rings. The lowest BCUT2D eigenvalue weighted by molar-refractivity contribution is -0.123. The van der Waals surface area contributed by atoms with Crippen molar-refractivity contribution in [2.24, 2.45) is 0 Å². The van der Waals surface area contributed by atoms with E-state index < -0.39 is 16.1 Å². The Labute approximate surface area is 202 Å². The molecule has 1 aliphatic carbocycles. The molecule has 2 atom stereocenters. The van der Waals surface area contributed by atoms with Gasteiger partial charge >= 0.3 is 0 Å². The molecular weight excluding hydrogens is 460 g/mol. The average Bonchev–Trinajstić information content (AvgIpc) is 2.79. The molecule has 0 spiro atoms. The van der Waals surface area contributed by atoms with Gasteiger partial charge in [0.05, 0.1) is 30.1 Å². The number of benzene rings is 2. The Morgan fingerprint density at radius 3 is 2.36 bits per heavy atom. The number of ether oxygens (including phenoxy) is 1. The molecule has 0 heterocycles. The maximum atomic E-state index is 13.4. The topological polar surface area (TPSA) is 75.7 Å². The van der Waals surface area contributed by atoms with Crippen LogP contribution in [0.3, 0.4) is 0 Å². The van der Waals surface area contributed by atoms with Gasteiger partial charge in [-0.2, -0.15) is 0 Å². The van der Waals surface area contributed by atoms with E-state index in [1.54, 1.807) is 19.1 Å². The standard InChI is InChI=1S/C25H33ClN2O4S/c1-5-22(19-12-11-17-9-7-8-10-18(17)15-19)27-25(29)23(6-2)28(33(4,30)31)20-13-14-24(32-3)21(26)16-20/h11-16,22-23H,5-10H2,1-4H3,(H,27,29). The highest BCUT2D eigenvalue weighted by molar-refractivity contribution is 7.92. The first kappa shape index (κ1) is 25.4. The van der Waals surface area contributed by atoms with Crippen LogP contribution in [0.4, 0.5) is 5.69 Å². The first-order valence-corrected chi connectivity index (χ1v) is 13.7. The largest absolute Gasteiger partial charge is 0.495 e. The van der Waals surface area contributed by atoms with Crippen molar-refractivity contribution < 1.29 is 17.9 Å². The summed E-state index contributed by atoms with van der Waals surface area (Å²) in [7, 11) is -2.27. The molecule has 2 unspecified atom stereocenters. The Morgan fingerprint density at radius 2 is 1.79 bits per heavy atom. The summed E-state index contributed by atoms with van der Waals surface area (Å²) in [5, 5.41) is 3.37. The van der Waals surface area contributed by atoms with Crippen molar-refractivity contribution in [3.63, 3.8) is 0 Å². The molecule has 0 saturated heterocycles. The fourth-order valence-electron chi connectivity index (χ4n) is 4.51. The minimum absolute atomic E-state index is 0.195. The number of rotatable bonds is 9. The maximum absolute atomic E-state index is 13.4. The van der Waals surface area contributed by atoms with Gasteiger partial charge in [0.2, 0.25) is 15.9 Å². The van der Waals surface area contributed by atoms with Crippen molar-refractivity contribution in [2.75, 3.05) is 17.7 Å². The molecule has 6 nitrogen and oxygen atoms in total. The molecule has 0 saturated carbocycles. The predicted molar refractivity (Wildman–Crippen MR) is 134 cm³/mol. The third kappa shape index (κ3) is 5.82. The second-order valence-electron chi connectivity index (χ2n) is 8.51. The van der Waals surface area contributed by atoms with Crippen LogP contribution in [0.2, 0.25) is 5.02 Å². The zero-order chi connectivity index (χ0) is 24.2. The summed E-state index contributed by atoms with van der Waals surface area (Å²) in [6.07, 6.45) is 6.68. The van der Waals surface area contributed by atoms with Crippen LogP contribution in [0.15, 0.2) is 36.4 Å². The number of nitrogens with zero attached hydrogens (tertiary/aromatic N) is 1.